The molecular formula is C14H20N2O2. The fraction of sp³-hybridized carbons (Fsp3) is 0.643. The molecule has 18 heavy (non-hydrogen) atoms. The van der Waals surface area contributed by atoms with E-state index in [1.807, 2.05) is 18.3 Å². The van der Waals surface area contributed by atoms with Crippen molar-refractivity contribution in [1.82, 2.24) is 9.88 Å². The van der Waals surface area contributed by atoms with Crippen LogP contribution in [0.1, 0.15) is 12.0 Å². The lowest BCUT2D eigenvalue weighted by atomic mass is 9.82. The topological polar surface area (TPSA) is 34.6 Å². The number of likely N-dealkylation sites (N-methyl/N-ethyl adjacent to an activating group) is 1. The van der Waals surface area contributed by atoms with Crippen molar-refractivity contribution in [3.8, 4) is 0 Å². The Balaban J connectivity index is 1.49. The van der Waals surface area contributed by atoms with Crippen molar-refractivity contribution in [3.05, 3.63) is 30.1 Å². The molecule has 0 radical (unpaired) electrons. The third-order valence-electron chi connectivity index (χ3n) is 3.99. The minimum atomic E-state index is 0.0870. The molecule has 3 rings (SSSR count). The van der Waals surface area contributed by atoms with Gasteiger partial charge in [-0.25, -0.2) is 0 Å². The second-order valence-corrected chi connectivity index (χ2v) is 5.45. The maximum Gasteiger partial charge on any atom is 0.0985 e. The van der Waals surface area contributed by atoms with Gasteiger partial charge in [0.2, 0.25) is 0 Å². The van der Waals surface area contributed by atoms with Gasteiger partial charge in [0.05, 0.1) is 18.8 Å². The van der Waals surface area contributed by atoms with E-state index in [-0.39, 0.29) is 5.60 Å². The zero-order valence-corrected chi connectivity index (χ0v) is 10.8. The van der Waals surface area contributed by atoms with E-state index in [0.29, 0.717) is 12.5 Å². The number of hydrogen-bond acceptors (Lipinski definition) is 4. The Morgan fingerprint density at radius 3 is 3.17 bits per heavy atom. The minimum absolute atomic E-state index is 0.0870. The fourth-order valence-electron chi connectivity index (χ4n) is 3.04. The zero-order valence-electron chi connectivity index (χ0n) is 10.8. The van der Waals surface area contributed by atoms with Gasteiger partial charge < -0.3 is 14.4 Å². The lowest BCUT2D eigenvalue weighted by molar-refractivity contribution is -0.135. The fourth-order valence-corrected chi connectivity index (χ4v) is 3.04. The largest absolute Gasteiger partial charge is 0.376 e. The van der Waals surface area contributed by atoms with Crippen LogP contribution < -0.4 is 0 Å². The molecule has 1 atom stereocenters. The van der Waals surface area contributed by atoms with Crippen LogP contribution in [0.5, 0.6) is 0 Å². The second kappa shape index (κ2) is 4.96. The minimum Gasteiger partial charge on any atom is -0.376 e. The summed E-state index contributed by atoms with van der Waals surface area (Å²) in [4.78, 5) is 6.39. The summed E-state index contributed by atoms with van der Waals surface area (Å²) in [6.07, 6.45) is 4.77. The summed E-state index contributed by atoms with van der Waals surface area (Å²) < 4.78 is 11.8. The summed E-state index contributed by atoms with van der Waals surface area (Å²) in [6, 6.07) is 3.99. The molecule has 3 heterocycles. The number of ether oxygens (including phenoxy) is 2. The summed E-state index contributed by atoms with van der Waals surface area (Å²) in [5.41, 5.74) is 1.22. The van der Waals surface area contributed by atoms with Crippen molar-refractivity contribution in [2.24, 2.45) is 5.92 Å². The van der Waals surface area contributed by atoms with Gasteiger partial charge in [-0.3, -0.25) is 4.98 Å². The molecule has 0 aromatic carbocycles. The molecule has 0 saturated carbocycles. The highest BCUT2D eigenvalue weighted by molar-refractivity contribution is 5.07. The van der Waals surface area contributed by atoms with Gasteiger partial charge in [0.25, 0.3) is 0 Å². The van der Waals surface area contributed by atoms with Gasteiger partial charge in [-0.1, -0.05) is 6.07 Å². The van der Waals surface area contributed by atoms with Crippen molar-refractivity contribution in [3.63, 3.8) is 0 Å². The first-order valence-electron chi connectivity index (χ1n) is 6.58. The third-order valence-corrected chi connectivity index (χ3v) is 3.99. The van der Waals surface area contributed by atoms with Gasteiger partial charge in [0.1, 0.15) is 0 Å². The van der Waals surface area contributed by atoms with E-state index in [1.165, 1.54) is 0 Å². The van der Waals surface area contributed by atoms with Crippen molar-refractivity contribution in [2.75, 3.05) is 33.4 Å². The molecule has 1 aromatic heterocycles. The first-order chi connectivity index (χ1) is 8.78. The van der Waals surface area contributed by atoms with E-state index in [0.717, 1.165) is 38.3 Å². The summed E-state index contributed by atoms with van der Waals surface area (Å²) in [7, 11) is 2.14. The average molecular weight is 248 g/mol. The van der Waals surface area contributed by atoms with E-state index in [4.69, 9.17) is 9.47 Å². The van der Waals surface area contributed by atoms with Gasteiger partial charge in [-0.05, 0) is 25.1 Å². The van der Waals surface area contributed by atoms with E-state index < -0.39 is 0 Å². The first-order valence-corrected chi connectivity index (χ1v) is 6.58. The lowest BCUT2D eigenvalue weighted by Crippen LogP contribution is -2.63. The molecule has 2 fully saturated rings. The molecular weight excluding hydrogens is 228 g/mol. The predicted octanol–water partition coefficient (Wildman–Crippen LogP) is 1.32. The van der Waals surface area contributed by atoms with Gasteiger partial charge in [-0.15, -0.1) is 0 Å². The van der Waals surface area contributed by atoms with Gasteiger partial charge in [-0.2, -0.15) is 0 Å². The molecule has 4 nitrogen and oxygen atoms in total. The van der Waals surface area contributed by atoms with Crippen LogP contribution in [0.4, 0.5) is 0 Å². The second-order valence-electron chi connectivity index (χ2n) is 5.45. The quantitative estimate of drug-likeness (QED) is 0.805. The highest BCUT2D eigenvalue weighted by atomic mass is 16.5. The Morgan fingerprint density at radius 1 is 1.56 bits per heavy atom. The van der Waals surface area contributed by atoms with Crippen LogP contribution >= 0.6 is 0 Å². The maximum atomic E-state index is 5.93. The average Bonchev–Trinajstić information content (AvgIpc) is 2.74. The molecule has 0 amide bonds. The van der Waals surface area contributed by atoms with Gasteiger partial charge >= 0.3 is 0 Å². The number of likely N-dealkylation sites (tertiary alicyclic amines) is 1. The molecule has 2 aliphatic heterocycles. The zero-order chi connectivity index (χ0) is 12.4. The predicted molar refractivity (Wildman–Crippen MR) is 68.2 cm³/mol. The Kier molecular flexibility index (Phi) is 3.33. The van der Waals surface area contributed by atoms with E-state index in [9.17, 15) is 0 Å². The highest BCUT2D eigenvalue weighted by Crippen LogP contribution is 2.39. The molecule has 0 bridgehead atoms. The smallest absolute Gasteiger partial charge is 0.0985 e. The van der Waals surface area contributed by atoms with Crippen LogP contribution in [-0.2, 0) is 16.1 Å². The van der Waals surface area contributed by atoms with Crippen LogP contribution in [-0.4, -0.2) is 48.8 Å². The molecule has 2 saturated heterocycles. The number of pyridine rings is 1. The van der Waals surface area contributed by atoms with Crippen molar-refractivity contribution in [1.29, 1.82) is 0 Å². The Morgan fingerprint density at radius 2 is 2.44 bits per heavy atom. The van der Waals surface area contributed by atoms with Crippen molar-refractivity contribution >= 4 is 0 Å². The van der Waals surface area contributed by atoms with E-state index in [1.54, 1.807) is 6.20 Å². The number of aromatic nitrogens is 1. The molecule has 1 spiro atoms. The van der Waals surface area contributed by atoms with Crippen LogP contribution in [0.2, 0.25) is 0 Å². The Labute approximate surface area is 108 Å². The van der Waals surface area contributed by atoms with E-state index in [2.05, 4.69) is 16.9 Å². The highest BCUT2D eigenvalue weighted by Gasteiger charge is 2.51. The van der Waals surface area contributed by atoms with Gasteiger partial charge in [0, 0.05) is 38.0 Å². The molecule has 4 heteroatoms. The van der Waals surface area contributed by atoms with Gasteiger partial charge in [0.15, 0.2) is 0 Å². The summed E-state index contributed by atoms with van der Waals surface area (Å²) in [5.74, 6) is 0.547. The molecule has 1 aromatic rings. The normalized spacial score (nSPS) is 26.4. The summed E-state index contributed by atoms with van der Waals surface area (Å²) in [6.45, 7) is 4.43. The number of rotatable bonds is 4. The SMILES string of the molecule is CN1CC2(C1)OCCC2COCc1cccnc1. The van der Waals surface area contributed by atoms with Crippen molar-refractivity contribution < 1.29 is 9.47 Å². The molecule has 98 valence electrons. The number of nitrogens with zero attached hydrogens (tertiary/aromatic N) is 2. The van der Waals surface area contributed by atoms with Crippen LogP contribution in [0, 0.1) is 5.92 Å². The maximum absolute atomic E-state index is 5.93. The van der Waals surface area contributed by atoms with Crippen molar-refractivity contribution in [2.45, 2.75) is 18.6 Å². The number of hydrogen-bond donors (Lipinski definition) is 0. The molecule has 2 aliphatic rings. The summed E-state index contributed by atoms with van der Waals surface area (Å²) in [5, 5.41) is 0. The molecule has 0 aliphatic carbocycles. The van der Waals surface area contributed by atoms with Crippen LogP contribution in [0.25, 0.3) is 0 Å². The first kappa shape index (κ1) is 12.1. The summed E-state index contributed by atoms with van der Waals surface area (Å²) >= 11 is 0. The van der Waals surface area contributed by atoms with E-state index >= 15 is 0 Å². The Hall–Kier alpha value is -0.970. The monoisotopic (exact) mass is 248 g/mol. The molecule has 1 unspecified atom stereocenters. The third kappa shape index (κ3) is 2.28. The van der Waals surface area contributed by atoms with Crippen LogP contribution in [0.3, 0.4) is 0 Å². The standard InChI is InChI=1S/C14H20N2O2/c1-16-10-14(11-16)13(4-6-18-14)9-17-8-12-3-2-5-15-7-12/h2-3,5,7,13H,4,6,8-11H2,1H3. The lowest BCUT2D eigenvalue weighted by Gasteiger charge is -2.48. The molecule has 0 N–H and O–H groups in total. The van der Waals surface area contributed by atoms with Crippen LogP contribution in [0.15, 0.2) is 24.5 Å². The Bertz CT molecular complexity index is 390.